The van der Waals surface area contributed by atoms with Crippen LogP contribution < -0.4 is 10.6 Å². The number of anilines is 2. The first-order valence-electron chi connectivity index (χ1n) is 12.2. The van der Waals surface area contributed by atoms with E-state index in [1.54, 1.807) is 23.5 Å². The minimum Gasteiger partial charge on any atom is -0.351 e. The fourth-order valence-electron chi connectivity index (χ4n) is 4.91. The first kappa shape index (κ1) is 22.8. The van der Waals surface area contributed by atoms with Gasteiger partial charge in [-0.15, -0.1) is 0 Å². The highest BCUT2D eigenvalue weighted by atomic mass is 16.2. The zero-order chi connectivity index (χ0) is 25.4. The van der Waals surface area contributed by atoms with Crippen molar-refractivity contribution in [3.8, 4) is 11.1 Å². The zero-order valence-corrected chi connectivity index (χ0v) is 20.3. The molecule has 0 radical (unpaired) electrons. The summed E-state index contributed by atoms with van der Waals surface area (Å²) in [5.41, 5.74) is 5.71. The van der Waals surface area contributed by atoms with Gasteiger partial charge in [0.25, 0.3) is 0 Å². The normalized spacial score (nSPS) is 14.8. The van der Waals surface area contributed by atoms with E-state index in [9.17, 15) is 9.59 Å². The standard InChI is InChI=1S/C25H26N10O2/c1-15(36)28-24-20(12-35(32-24)14-23(37)34-7-6-21-22(13-34)31-33-30-21)18-10-26-25(27-11-18)29-19-8-16-4-2-3-5-17(16)9-19/h2-5,10-12,19H,6-9,13-14H2,1H3,(H,26,27,29)(H,28,32,36)(H,30,31,33). The number of carbonyl (C=O) groups is 2. The molecule has 0 saturated heterocycles. The van der Waals surface area contributed by atoms with Crippen molar-refractivity contribution in [3.63, 3.8) is 0 Å². The van der Waals surface area contributed by atoms with Gasteiger partial charge in [-0.25, -0.2) is 9.97 Å². The van der Waals surface area contributed by atoms with Gasteiger partial charge in [0.15, 0.2) is 5.82 Å². The number of hydrogen-bond acceptors (Lipinski definition) is 8. The fraction of sp³-hybridized carbons (Fsp3) is 0.320. The van der Waals surface area contributed by atoms with E-state index in [0.717, 1.165) is 24.2 Å². The molecule has 12 nitrogen and oxygen atoms in total. The van der Waals surface area contributed by atoms with E-state index in [2.05, 4.69) is 65.4 Å². The van der Waals surface area contributed by atoms with Crippen LogP contribution in [0.1, 0.15) is 29.4 Å². The zero-order valence-electron chi connectivity index (χ0n) is 20.3. The highest BCUT2D eigenvalue weighted by Crippen LogP contribution is 2.28. The molecule has 1 aliphatic carbocycles. The molecular weight excluding hydrogens is 472 g/mol. The molecule has 12 heteroatoms. The van der Waals surface area contributed by atoms with Crippen LogP contribution in [0.4, 0.5) is 11.8 Å². The van der Waals surface area contributed by atoms with Gasteiger partial charge < -0.3 is 15.5 Å². The Balaban J connectivity index is 1.16. The van der Waals surface area contributed by atoms with Gasteiger partial charge in [0.2, 0.25) is 17.8 Å². The van der Waals surface area contributed by atoms with Crippen LogP contribution >= 0.6 is 0 Å². The number of nitrogens with one attached hydrogen (secondary N) is 3. The lowest BCUT2D eigenvalue weighted by molar-refractivity contribution is -0.133. The minimum atomic E-state index is -0.257. The average molecular weight is 499 g/mol. The van der Waals surface area contributed by atoms with Crippen LogP contribution in [0.3, 0.4) is 0 Å². The molecule has 0 spiro atoms. The van der Waals surface area contributed by atoms with E-state index in [0.29, 0.717) is 42.4 Å². The van der Waals surface area contributed by atoms with Gasteiger partial charge in [-0.3, -0.25) is 14.3 Å². The molecule has 0 atom stereocenters. The highest BCUT2D eigenvalue weighted by molar-refractivity contribution is 5.92. The summed E-state index contributed by atoms with van der Waals surface area (Å²) in [5.74, 6) is 0.550. The second kappa shape index (κ2) is 9.45. The largest absolute Gasteiger partial charge is 0.351 e. The summed E-state index contributed by atoms with van der Waals surface area (Å²) >= 11 is 0. The monoisotopic (exact) mass is 498 g/mol. The summed E-state index contributed by atoms with van der Waals surface area (Å²) in [6.07, 6.45) is 7.65. The molecule has 1 aromatic carbocycles. The van der Waals surface area contributed by atoms with Crippen LogP contribution in [0.5, 0.6) is 0 Å². The SMILES string of the molecule is CC(=O)Nc1nn(CC(=O)N2CCc3n[nH]nc3C2)cc1-c1cnc(NC2Cc3ccccc3C2)nc1. The molecule has 4 aromatic rings. The van der Waals surface area contributed by atoms with Crippen molar-refractivity contribution in [1.82, 2.24) is 40.1 Å². The molecule has 3 N–H and O–H groups in total. The van der Waals surface area contributed by atoms with Crippen LogP contribution in [0.15, 0.2) is 42.9 Å². The van der Waals surface area contributed by atoms with Crippen LogP contribution in [0.2, 0.25) is 0 Å². The van der Waals surface area contributed by atoms with Crippen molar-refractivity contribution in [2.24, 2.45) is 0 Å². The quantitative estimate of drug-likeness (QED) is 0.363. The predicted octanol–water partition coefficient (Wildman–Crippen LogP) is 1.58. The first-order chi connectivity index (χ1) is 18.0. The summed E-state index contributed by atoms with van der Waals surface area (Å²) in [5, 5.41) is 21.5. The molecule has 4 heterocycles. The van der Waals surface area contributed by atoms with Gasteiger partial charge in [0.1, 0.15) is 12.2 Å². The molecule has 0 bridgehead atoms. The predicted molar refractivity (Wildman–Crippen MR) is 134 cm³/mol. The fourth-order valence-corrected chi connectivity index (χ4v) is 4.91. The number of aromatic amines is 1. The Morgan fingerprint density at radius 3 is 2.54 bits per heavy atom. The summed E-state index contributed by atoms with van der Waals surface area (Å²) in [6.45, 7) is 2.42. The molecular formula is C25H26N10O2. The van der Waals surface area contributed by atoms with Crippen LogP contribution in [0, 0.1) is 0 Å². The summed E-state index contributed by atoms with van der Waals surface area (Å²) in [6, 6.07) is 8.68. The Kier molecular flexibility index (Phi) is 5.83. The smallest absolute Gasteiger partial charge is 0.244 e. The third kappa shape index (κ3) is 4.77. The van der Waals surface area contributed by atoms with Crippen LogP contribution in [-0.2, 0) is 41.9 Å². The van der Waals surface area contributed by atoms with E-state index < -0.39 is 0 Å². The van der Waals surface area contributed by atoms with E-state index in [4.69, 9.17) is 0 Å². The lowest BCUT2D eigenvalue weighted by atomic mass is 10.1. The van der Waals surface area contributed by atoms with Gasteiger partial charge in [-0.2, -0.15) is 20.5 Å². The van der Waals surface area contributed by atoms with E-state index in [1.165, 1.54) is 22.7 Å². The lowest BCUT2D eigenvalue weighted by Crippen LogP contribution is -2.38. The number of aromatic nitrogens is 7. The molecule has 2 amide bonds. The van der Waals surface area contributed by atoms with Crippen molar-refractivity contribution in [3.05, 3.63) is 65.4 Å². The van der Waals surface area contributed by atoms with Crippen molar-refractivity contribution >= 4 is 23.6 Å². The topological polar surface area (TPSA) is 147 Å². The maximum absolute atomic E-state index is 13.0. The summed E-state index contributed by atoms with van der Waals surface area (Å²) in [4.78, 5) is 35.5. The Morgan fingerprint density at radius 1 is 1.08 bits per heavy atom. The van der Waals surface area contributed by atoms with E-state index in [1.807, 2.05) is 0 Å². The van der Waals surface area contributed by atoms with E-state index in [-0.39, 0.29) is 24.4 Å². The number of amides is 2. The molecule has 0 saturated carbocycles. The van der Waals surface area contributed by atoms with Gasteiger partial charge in [0.05, 0.1) is 12.2 Å². The lowest BCUT2D eigenvalue weighted by Gasteiger charge is -2.25. The molecule has 6 rings (SSSR count). The van der Waals surface area contributed by atoms with Gasteiger partial charge >= 0.3 is 0 Å². The number of fused-ring (bicyclic) bond motifs is 2. The highest BCUT2D eigenvalue weighted by Gasteiger charge is 2.25. The molecule has 0 unspecified atom stereocenters. The maximum Gasteiger partial charge on any atom is 0.244 e. The van der Waals surface area contributed by atoms with Crippen LogP contribution in [-0.4, -0.2) is 64.5 Å². The van der Waals surface area contributed by atoms with Crippen LogP contribution in [0.25, 0.3) is 11.1 Å². The van der Waals surface area contributed by atoms with Crippen molar-refractivity contribution in [2.45, 2.75) is 45.3 Å². The third-order valence-corrected chi connectivity index (χ3v) is 6.72. The maximum atomic E-state index is 13.0. The number of nitrogens with zero attached hydrogens (tertiary/aromatic N) is 7. The molecule has 37 heavy (non-hydrogen) atoms. The number of benzene rings is 1. The molecule has 0 fully saturated rings. The Hall–Kier alpha value is -4.61. The molecule has 3 aromatic heterocycles. The van der Waals surface area contributed by atoms with Crippen molar-refractivity contribution < 1.29 is 9.59 Å². The number of carbonyl (C=O) groups excluding carboxylic acids is 2. The van der Waals surface area contributed by atoms with Gasteiger partial charge in [-0.1, -0.05) is 24.3 Å². The Labute approximate surface area is 212 Å². The number of hydrogen-bond donors (Lipinski definition) is 3. The second-order valence-corrected chi connectivity index (χ2v) is 9.37. The third-order valence-electron chi connectivity index (χ3n) is 6.72. The van der Waals surface area contributed by atoms with Gasteiger partial charge in [0, 0.05) is 55.6 Å². The molecule has 2 aliphatic rings. The Morgan fingerprint density at radius 2 is 1.81 bits per heavy atom. The van der Waals surface area contributed by atoms with Gasteiger partial charge in [-0.05, 0) is 24.0 Å². The Bertz CT molecular complexity index is 1430. The van der Waals surface area contributed by atoms with Crippen molar-refractivity contribution in [1.29, 1.82) is 0 Å². The average Bonchev–Trinajstić information content (AvgIpc) is 3.61. The van der Waals surface area contributed by atoms with E-state index >= 15 is 0 Å². The van der Waals surface area contributed by atoms with Crippen molar-refractivity contribution in [2.75, 3.05) is 17.2 Å². The second-order valence-electron chi connectivity index (χ2n) is 9.37. The number of H-pyrrole nitrogens is 1. The molecule has 1 aliphatic heterocycles. The minimum absolute atomic E-state index is 0.0303. The summed E-state index contributed by atoms with van der Waals surface area (Å²) in [7, 11) is 0. The number of rotatable bonds is 6. The molecule has 188 valence electrons. The first-order valence-corrected chi connectivity index (χ1v) is 12.2. The summed E-state index contributed by atoms with van der Waals surface area (Å²) < 4.78 is 1.53.